The van der Waals surface area contributed by atoms with Crippen LogP contribution < -0.4 is 5.73 Å². The molecule has 1 fully saturated rings. The molecular formula is C9H16N4. The van der Waals surface area contributed by atoms with E-state index >= 15 is 0 Å². The molecule has 1 aliphatic heterocycles. The molecule has 0 aromatic carbocycles. The first kappa shape index (κ1) is 8.72. The number of rotatable bonds is 2. The lowest BCUT2D eigenvalue weighted by molar-refractivity contribution is 0.199. The van der Waals surface area contributed by atoms with Gasteiger partial charge >= 0.3 is 0 Å². The zero-order valence-corrected chi connectivity index (χ0v) is 7.74. The van der Waals surface area contributed by atoms with Gasteiger partial charge in [-0.05, 0) is 19.4 Å². The third-order valence-electron chi connectivity index (χ3n) is 2.49. The molecule has 1 saturated heterocycles. The quantitative estimate of drug-likeness (QED) is 0.689. The van der Waals surface area contributed by atoms with E-state index < -0.39 is 0 Å². The number of piperidine rings is 1. The first-order chi connectivity index (χ1) is 6.34. The Balaban J connectivity index is 1.87. The zero-order valence-electron chi connectivity index (χ0n) is 7.74. The molecule has 0 amide bonds. The van der Waals surface area contributed by atoms with Gasteiger partial charge in [0.1, 0.15) is 0 Å². The minimum Gasteiger partial charge on any atom is -0.347 e. The van der Waals surface area contributed by atoms with Crippen LogP contribution in [0.2, 0.25) is 0 Å². The average molecular weight is 180 g/mol. The summed E-state index contributed by atoms with van der Waals surface area (Å²) >= 11 is 0. The minimum absolute atomic E-state index is 0.358. The molecular weight excluding hydrogens is 164 g/mol. The van der Waals surface area contributed by atoms with Gasteiger partial charge in [0.05, 0.1) is 6.33 Å². The molecule has 2 heterocycles. The second-order valence-corrected chi connectivity index (χ2v) is 3.71. The Kier molecular flexibility index (Phi) is 2.61. The van der Waals surface area contributed by atoms with Gasteiger partial charge in [-0.3, -0.25) is 4.90 Å². The third-order valence-corrected chi connectivity index (χ3v) is 2.49. The van der Waals surface area contributed by atoms with E-state index in [1.807, 2.05) is 6.20 Å². The van der Waals surface area contributed by atoms with Crippen molar-refractivity contribution < 1.29 is 0 Å². The summed E-state index contributed by atoms with van der Waals surface area (Å²) in [7, 11) is 0. The Labute approximate surface area is 78.1 Å². The predicted octanol–water partition coefficient (Wildman–Crippen LogP) is 0.333. The molecule has 13 heavy (non-hydrogen) atoms. The number of H-pyrrole nitrogens is 1. The van der Waals surface area contributed by atoms with E-state index in [1.165, 1.54) is 18.5 Å². The molecule has 4 nitrogen and oxygen atoms in total. The topological polar surface area (TPSA) is 57.9 Å². The van der Waals surface area contributed by atoms with Crippen molar-refractivity contribution in [3.05, 3.63) is 18.2 Å². The van der Waals surface area contributed by atoms with Crippen LogP contribution >= 0.6 is 0 Å². The van der Waals surface area contributed by atoms with E-state index in [4.69, 9.17) is 5.73 Å². The number of hydrogen-bond donors (Lipinski definition) is 2. The smallest absolute Gasteiger partial charge is 0.0922 e. The van der Waals surface area contributed by atoms with Crippen molar-refractivity contribution in [2.24, 2.45) is 5.73 Å². The molecule has 1 aromatic rings. The van der Waals surface area contributed by atoms with Gasteiger partial charge in [-0.25, -0.2) is 4.98 Å². The first-order valence-corrected chi connectivity index (χ1v) is 4.80. The molecule has 72 valence electrons. The molecule has 1 unspecified atom stereocenters. The van der Waals surface area contributed by atoms with Crippen LogP contribution in [0.25, 0.3) is 0 Å². The zero-order chi connectivity index (χ0) is 9.10. The summed E-state index contributed by atoms with van der Waals surface area (Å²) in [6.45, 7) is 3.12. The highest BCUT2D eigenvalue weighted by molar-refractivity contribution is 4.94. The summed E-state index contributed by atoms with van der Waals surface area (Å²) in [5.74, 6) is 0. The van der Waals surface area contributed by atoms with Crippen molar-refractivity contribution in [3.8, 4) is 0 Å². The predicted molar refractivity (Wildman–Crippen MR) is 51.1 cm³/mol. The second kappa shape index (κ2) is 3.89. The van der Waals surface area contributed by atoms with Crippen LogP contribution in [0.15, 0.2) is 12.5 Å². The number of likely N-dealkylation sites (tertiary alicyclic amines) is 1. The fourth-order valence-corrected chi connectivity index (χ4v) is 1.85. The van der Waals surface area contributed by atoms with Gasteiger partial charge < -0.3 is 10.7 Å². The number of imidazole rings is 1. The number of nitrogens with zero attached hydrogens (tertiary/aromatic N) is 2. The van der Waals surface area contributed by atoms with E-state index in [-0.39, 0.29) is 0 Å². The summed E-state index contributed by atoms with van der Waals surface area (Å²) in [6.07, 6.45) is 5.98. The molecule has 1 aliphatic rings. The molecule has 1 atom stereocenters. The Morgan fingerprint density at radius 1 is 1.69 bits per heavy atom. The van der Waals surface area contributed by atoms with Gasteiger partial charge in [-0.2, -0.15) is 0 Å². The maximum atomic E-state index is 5.89. The normalized spacial score (nSPS) is 24.8. The van der Waals surface area contributed by atoms with Crippen LogP contribution in [0.3, 0.4) is 0 Å². The van der Waals surface area contributed by atoms with Gasteiger partial charge in [-0.1, -0.05) is 0 Å². The maximum Gasteiger partial charge on any atom is 0.0922 e. The van der Waals surface area contributed by atoms with E-state index in [2.05, 4.69) is 14.9 Å². The van der Waals surface area contributed by atoms with Crippen molar-refractivity contribution in [2.45, 2.75) is 25.4 Å². The SMILES string of the molecule is NC1CCCN(Cc2cnc[nH]2)C1. The van der Waals surface area contributed by atoms with Gasteiger partial charge in [0.15, 0.2) is 0 Å². The Bertz CT molecular complexity index is 244. The van der Waals surface area contributed by atoms with E-state index in [9.17, 15) is 0 Å². The number of nitrogens with one attached hydrogen (secondary N) is 1. The summed E-state index contributed by atoms with van der Waals surface area (Å²) in [5.41, 5.74) is 7.06. The van der Waals surface area contributed by atoms with Crippen molar-refractivity contribution in [2.75, 3.05) is 13.1 Å². The second-order valence-electron chi connectivity index (χ2n) is 3.71. The summed E-state index contributed by atoms with van der Waals surface area (Å²) in [4.78, 5) is 9.48. The van der Waals surface area contributed by atoms with Crippen molar-refractivity contribution in [1.82, 2.24) is 14.9 Å². The number of hydrogen-bond acceptors (Lipinski definition) is 3. The number of aromatic amines is 1. The lowest BCUT2D eigenvalue weighted by Gasteiger charge is -2.30. The minimum atomic E-state index is 0.358. The lowest BCUT2D eigenvalue weighted by Crippen LogP contribution is -2.42. The largest absolute Gasteiger partial charge is 0.347 e. The Hall–Kier alpha value is -0.870. The van der Waals surface area contributed by atoms with Crippen LogP contribution in [0.5, 0.6) is 0 Å². The molecule has 3 N–H and O–H groups in total. The molecule has 4 heteroatoms. The molecule has 0 saturated carbocycles. The van der Waals surface area contributed by atoms with E-state index in [0.29, 0.717) is 6.04 Å². The Morgan fingerprint density at radius 3 is 3.31 bits per heavy atom. The average Bonchev–Trinajstić information content (AvgIpc) is 2.57. The molecule has 0 bridgehead atoms. The fourth-order valence-electron chi connectivity index (χ4n) is 1.85. The van der Waals surface area contributed by atoms with Gasteiger partial charge in [0.25, 0.3) is 0 Å². The van der Waals surface area contributed by atoms with Crippen molar-refractivity contribution >= 4 is 0 Å². The van der Waals surface area contributed by atoms with Crippen LogP contribution in [-0.4, -0.2) is 34.0 Å². The molecule has 1 aromatic heterocycles. The molecule has 0 aliphatic carbocycles. The highest BCUT2D eigenvalue weighted by Gasteiger charge is 2.16. The standard InChI is InChI=1S/C9H16N4/c10-8-2-1-3-13(5-8)6-9-4-11-7-12-9/h4,7-8H,1-3,5-6,10H2,(H,11,12). The monoisotopic (exact) mass is 180 g/mol. The first-order valence-electron chi connectivity index (χ1n) is 4.80. The fraction of sp³-hybridized carbons (Fsp3) is 0.667. The highest BCUT2D eigenvalue weighted by Crippen LogP contribution is 2.10. The van der Waals surface area contributed by atoms with Crippen molar-refractivity contribution in [3.63, 3.8) is 0 Å². The lowest BCUT2D eigenvalue weighted by atomic mass is 10.1. The summed E-state index contributed by atoms with van der Waals surface area (Å²) in [5, 5.41) is 0. The van der Waals surface area contributed by atoms with Gasteiger partial charge in [0.2, 0.25) is 0 Å². The van der Waals surface area contributed by atoms with Gasteiger partial charge in [-0.15, -0.1) is 0 Å². The maximum absolute atomic E-state index is 5.89. The molecule has 0 radical (unpaired) electrons. The summed E-state index contributed by atoms with van der Waals surface area (Å²) in [6, 6.07) is 0.358. The highest BCUT2D eigenvalue weighted by atomic mass is 15.2. The van der Waals surface area contributed by atoms with Crippen LogP contribution in [-0.2, 0) is 6.54 Å². The van der Waals surface area contributed by atoms with Crippen molar-refractivity contribution in [1.29, 1.82) is 0 Å². The van der Waals surface area contributed by atoms with E-state index in [0.717, 1.165) is 19.6 Å². The summed E-state index contributed by atoms with van der Waals surface area (Å²) < 4.78 is 0. The third kappa shape index (κ3) is 2.29. The van der Waals surface area contributed by atoms with Crippen LogP contribution in [0.4, 0.5) is 0 Å². The van der Waals surface area contributed by atoms with Crippen LogP contribution in [0, 0.1) is 0 Å². The van der Waals surface area contributed by atoms with Gasteiger partial charge in [0, 0.05) is 31.0 Å². The number of nitrogens with two attached hydrogens (primary N) is 1. The molecule has 0 spiro atoms. The number of aromatic nitrogens is 2. The van der Waals surface area contributed by atoms with E-state index in [1.54, 1.807) is 6.33 Å². The molecule has 2 rings (SSSR count). The van der Waals surface area contributed by atoms with Crippen LogP contribution in [0.1, 0.15) is 18.5 Å². The Morgan fingerprint density at radius 2 is 2.62 bits per heavy atom.